The number of hydrogen-bond donors (Lipinski definition) is 0. The number of rotatable bonds is 6. The SMILES string of the molecule is CCOCCCOc1cc(C(F)(F)F)cc(C)n1. The molecule has 0 aliphatic heterocycles. The van der Waals surface area contributed by atoms with E-state index in [4.69, 9.17) is 9.47 Å². The maximum Gasteiger partial charge on any atom is 0.416 e. The molecule has 1 heterocycles. The Morgan fingerprint density at radius 1 is 1.22 bits per heavy atom. The van der Waals surface area contributed by atoms with Crippen molar-refractivity contribution in [1.29, 1.82) is 0 Å². The van der Waals surface area contributed by atoms with Crippen LogP contribution in [-0.2, 0) is 10.9 Å². The van der Waals surface area contributed by atoms with Crippen LogP contribution in [0, 0.1) is 6.92 Å². The van der Waals surface area contributed by atoms with Crippen LogP contribution in [0.15, 0.2) is 12.1 Å². The second-order valence-electron chi connectivity index (χ2n) is 3.73. The Bertz CT molecular complexity index is 380. The lowest BCUT2D eigenvalue weighted by Crippen LogP contribution is -2.09. The molecule has 0 atom stereocenters. The summed E-state index contributed by atoms with van der Waals surface area (Å²) in [5.74, 6) is -0.00109. The van der Waals surface area contributed by atoms with Gasteiger partial charge in [-0.25, -0.2) is 4.98 Å². The molecule has 6 heteroatoms. The fourth-order valence-corrected chi connectivity index (χ4v) is 1.36. The molecule has 0 fully saturated rings. The molecule has 0 aromatic carbocycles. The fraction of sp³-hybridized carbons (Fsp3) is 0.583. The Balaban J connectivity index is 2.58. The summed E-state index contributed by atoms with van der Waals surface area (Å²) in [6.07, 6.45) is -3.76. The molecule has 0 bridgehead atoms. The highest BCUT2D eigenvalue weighted by molar-refractivity contribution is 5.26. The largest absolute Gasteiger partial charge is 0.478 e. The molecule has 0 saturated heterocycles. The van der Waals surface area contributed by atoms with E-state index < -0.39 is 11.7 Å². The van der Waals surface area contributed by atoms with Crippen molar-refractivity contribution < 1.29 is 22.6 Å². The third kappa shape index (κ3) is 4.91. The first-order chi connectivity index (χ1) is 8.43. The average molecular weight is 263 g/mol. The normalized spacial score (nSPS) is 11.6. The zero-order valence-corrected chi connectivity index (χ0v) is 10.4. The lowest BCUT2D eigenvalue weighted by molar-refractivity contribution is -0.137. The van der Waals surface area contributed by atoms with Gasteiger partial charge in [-0.05, 0) is 19.9 Å². The molecule has 1 aromatic heterocycles. The lowest BCUT2D eigenvalue weighted by Gasteiger charge is -2.10. The van der Waals surface area contributed by atoms with Gasteiger partial charge >= 0.3 is 6.18 Å². The molecule has 0 radical (unpaired) electrons. The molecule has 1 aromatic rings. The number of aromatic nitrogens is 1. The molecule has 1 rings (SSSR count). The summed E-state index contributed by atoms with van der Waals surface area (Å²) in [5.41, 5.74) is -0.459. The second kappa shape index (κ2) is 6.58. The smallest absolute Gasteiger partial charge is 0.416 e. The van der Waals surface area contributed by atoms with Crippen molar-refractivity contribution >= 4 is 0 Å². The summed E-state index contributed by atoms with van der Waals surface area (Å²) in [7, 11) is 0. The van der Waals surface area contributed by atoms with Crippen LogP contribution in [0.4, 0.5) is 13.2 Å². The summed E-state index contributed by atoms with van der Waals surface area (Å²) >= 11 is 0. The molecule has 0 unspecified atom stereocenters. The van der Waals surface area contributed by atoms with Gasteiger partial charge in [-0.1, -0.05) is 0 Å². The van der Waals surface area contributed by atoms with Gasteiger partial charge in [0.1, 0.15) is 0 Å². The standard InChI is InChI=1S/C12H16F3NO2/c1-3-17-5-4-6-18-11-8-10(12(13,14)15)7-9(2)16-11/h7-8H,3-6H2,1-2H3. The molecular weight excluding hydrogens is 247 g/mol. The van der Waals surface area contributed by atoms with Crippen molar-refractivity contribution in [1.82, 2.24) is 4.98 Å². The van der Waals surface area contributed by atoms with Crippen LogP contribution in [0.1, 0.15) is 24.6 Å². The molecule has 0 aliphatic carbocycles. The van der Waals surface area contributed by atoms with Crippen LogP contribution in [0.25, 0.3) is 0 Å². The first-order valence-corrected chi connectivity index (χ1v) is 5.70. The van der Waals surface area contributed by atoms with Gasteiger partial charge in [-0.15, -0.1) is 0 Å². The summed E-state index contributed by atoms with van der Waals surface area (Å²) in [6, 6.07) is 1.90. The van der Waals surface area contributed by atoms with E-state index in [1.165, 1.54) is 6.92 Å². The maximum atomic E-state index is 12.5. The van der Waals surface area contributed by atoms with Gasteiger partial charge in [-0.2, -0.15) is 13.2 Å². The van der Waals surface area contributed by atoms with Crippen molar-refractivity contribution in [2.45, 2.75) is 26.4 Å². The molecule has 0 amide bonds. The van der Waals surface area contributed by atoms with Gasteiger partial charge < -0.3 is 9.47 Å². The number of hydrogen-bond acceptors (Lipinski definition) is 3. The minimum Gasteiger partial charge on any atom is -0.478 e. The Morgan fingerprint density at radius 3 is 2.56 bits per heavy atom. The lowest BCUT2D eigenvalue weighted by atomic mass is 10.2. The minimum absolute atomic E-state index is 0.00109. The molecule has 18 heavy (non-hydrogen) atoms. The molecule has 0 aliphatic rings. The number of aryl methyl sites for hydroxylation is 1. The van der Waals surface area contributed by atoms with Crippen LogP contribution in [0.5, 0.6) is 5.88 Å². The van der Waals surface area contributed by atoms with E-state index in [2.05, 4.69) is 4.98 Å². The quantitative estimate of drug-likeness (QED) is 0.738. The molecule has 102 valence electrons. The zero-order chi connectivity index (χ0) is 13.6. The van der Waals surface area contributed by atoms with Crippen molar-refractivity contribution in [3.05, 3.63) is 23.4 Å². The number of pyridine rings is 1. The van der Waals surface area contributed by atoms with Gasteiger partial charge in [-0.3, -0.25) is 0 Å². The zero-order valence-electron chi connectivity index (χ0n) is 10.4. The van der Waals surface area contributed by atoms with Crippen molar-refractivity contribution in [3.63, 3.8) is 0 Å². The topological polar surface area (TPSA) is 31.4 Å². The second-order valence-corrected chi connectivity index (χ2v) is 3.73. The van der Waals surface area contributed by atoms with Gasteiger partial charge in [0.2, 0.25) is 5.88 Å². The summed E-state index contributed by atoms with van der Waals surface area (Å²) in [5, 5.41) is 0. The molecule has 3 nitrogen and oxygen atoms in total. The van der Waals surface area contributed by atoms with Crippen molar-refractivity contribution in [3.8, 4) is 5.88 Å². The molecule has 0 spiro atoms. The summed E-state index contributed by atoms with van der Waals surface area (Å²) in [6.45, 7) is 4.80. The average Bonchev–Trinajstić information content (AvgIpc) is 2.27. The van der Waals surface area contributed by atoms with Gasteiger partial charge in [0.05, 0.1) is 12.2 Å². The Hall–Kier alpha value is -1.30. The predicted octanol–water partition coefficient (Wildman–Crippen LogP) is 3.21. The fourth-order valence-electron chi connectivity index (χ4n) is 1.36. The Kier molecular flexibility index (Phi) is 5.40. The van der Waals surface area contributed by atoms with Crippen LogP contribution in [0.2, 0.25) is 0 Å². The number of nitrogens with zero attached hydrogens (tertiary/aromatic N) is 1. The van der Waals surface area contributed by atoms with Crippen LogP contribution >= 0.6 is 0 Å². The Morgan fingerprint density at radius 2 is 1.94 bits per heavy atom. The molecular formula is C12H16F3NO2. The van der Waals surface area contributed by atoms with Crippen LogP contribution in [0.3, 0.4) is 0 Å². The van der Waals surface area contributed by atoms with Gasteiger partial charge in [0.25, 0.3) is 0 Å². The third-order valence-electron chi connectivity index (χ3n) is 2.14. The predicted molar refractivity (Wildman–Crippen MR) is 60.6 cm³/mol. The van der Waals surface area contributed by atoms with E-state index in [1.807, 2.05) is 6.92 Å². The van der Waals surface area contributed by atoms with Gasteiger partial charge in [0, 0.05) is 31.4 Å². The number of halogens is 3. The maximum absolute atomic E-state index is 12.5. The van der Waals surface area contributed by atoms with E-state index in [0.29, 0.717) is 19.6 Å². The molecule has 0 saturated carbocycles. The first-order valence-electron chi connectivity index (χ1n) is 5.70. The monoisotopic (exact) mass is 263 g/mol. The van der Waals surface area contributed by atoms with Crippen LogP contribution in [-0.4, -0.2) is 24.8 Å². The Labute approximate surface area is 104 Å². The van der Waals surface area contributed by atoms with E-state index in [0.717, 1.165) is 12.1 Å². The van der Waals surface area contributed by atoms with E-state index in [-0.39, 0.29) is 18.2 Å². The highest BCUT2D eigenvalue weighted by Gasteiger charge is 2.31. The molecule has 0 N–H and O–H groups in total. The van der Waals surface area contributed by atoms with Crippen LogP contribution < -0.4 is 4.74 Å². The van der Waals surface area contributed by atoms with E-state index in [9.17, 15) is 13.2 Å². The summed E-state index contributed by atoms with van der Waals surface area (Å²) in [4.78, 5) is 3.90. The first kappa shape index (κ1) is 14.8. The highest BCUT2D eigenvalue weighted by atomic mass is 19.4. The third-order valence-corrected chi connectivity index (χ3v) is 2.14. The van der Waals surface area contributed by atoms with Crippen molar-refractivity contribution in [2.24, 2.45) is 0 Å². The number of alkyl halides is 3. The van der Waals surface area contributed by atoms with E-state index in [1.54, 1.807) is 0 Å². The van der Waals surface area contributed by atoms with Gasteiger partial charge in [0.15, 0.2) is 0 Å². The summed E-state index contributed by atoms with van der Waals surface area (Å²) < 4.78 is 47.9. The minimum atomic E-state index is -4.38. The van der Waals surface area contributed by atoms with E-state index >= 15 is 0 Å². The van der Waals surface area contributed by atoms with Crippen molar-refractivity contribution in [2.75, 3.05) is 19.8 Å². The highest BCUT2D eigenvalue weighted by Crippen LogP contribution is 2.31. The number of ether oxygens (including phenoxy) is 2.